The maximum atomic E-state index is 11.1. The first kappa shape index (κ1) is 13.7. The van der Waals surface area contributed by atoms with Crippen molar-refractivity contribution in [1.29, 1.82) is 0 Å². The van der Waals surface area contributed by atoms with Gasteiger partial charge in [0.05, 0.1) is 0 Å². The van der Waals surface area contributed by atoms with Gasteiger partial charge < -0.3 is 0 Å². The predicted molar refractivity (Wildman–Crippen MR) is 70.8 cm³/mol. The third-order valence-corrected chi connectivity index (χ3v) is 2.20. The molecular weight excluding hydrogens is 224 g/mol. The molecule has 0 saturated heterocycles. The van der Waals surface area contributed by atoms with Crippen LogP contribution in [0.25, 0.3) is 0 Å². The molecule has 0 bridgehead atoms. The van der Waals surface area contributed by atoms with Gasteiger partial charge in [-0.15, -0.1) is 0 Å². The van der Waals surface area contributed by atoms with Crippen LogP contribution in [0.5, 0.6) is 0 Å². The lowest BCUT2D eigenvalue weighted by Crippen LogP contribution is -1.89. The van der Waals surface area contributed by atoms with E-state index in [0.29, 0.717) is 12.8 Å². The van der Waals surface area contributed by atoms with Gasteiger partial charge in [0.2, 0.25) is 11.6 Å². The summed E-state index contributed by atoms with van der Waals surface area (Å²) in [6, 6.07) is 7.19. The van der Waals surface area contributed by atoms with Crippen molar-refractivity contribution >= 4 is 11.6 Å². The Bertz CT molecular complexity index is 525. The molecule has 1 aromatic rings. The van der Waals surface area contributed by atoms with Crippen molar-refractivity contribution in [2.24, 2.45) is 0 Å². The number of hydrogen-bond donors (Lipinski definition) is 0. The van der Waals surface area contributed by atoms with Crippen LogP contribution in [0.2, 0.25) is 0 Å². The van der Waals surface area contributed by atoms with E-state index < -0.39 is 0 Å². The molecular formula is C16H14O2. The van der Waals surface area contributed by atoms with Crippen molar-refractivity contribution in [3.05, 3.63) is 35.4 Å². The van der Waals surface area contributed by atoms with Gasteiger partial charge in [-0.3, -0.25) is 9.59 Å². The highest BCUT2D eigenvalue weighted by atomic mass is 16.1. The van der Waals surface area contributed by atoms with E-state index in [2.05, 4.69) is 23.7 Å². The summed E-state index contributed by atoms with van der Waals surface area (Å²) in [7, 11) is 0. The van der Waals surface area contributed by atoms with Crippen molar-refractivity contribution in [1.82, 2.24) is 0 Å². The van der Waals surface area contributed by atoms with Gasteiger partial charge in [-0.2, -0.15) is 0 Å². The van der Waals surface area contributed by atoms with E-state index in [4.69, 9.17) is 0 Å². The second kappa shape index (κ2) is 7.09. The zero-order valence-electron chi connectivity index (χ0n) is 10.5. The molecule has 2 heteroatoms. The van der Waals surface area contributed by atoms with E-state index >= 15 is 0 Å². The molecule has 0 fully saturated rings. The number of rotatable bonds is 2. The second-order valence-electron chi connectivity index (χ2n) is 3.63. The summed E-state index contributed by atoms with van der Waals surface area (Å²) in [4.78, 5) is 22.2. The van der Waals surface area contributed by atoms with Crippen LogP contribution in [0.15, 0.2) is 24.3 Å². The Morgan fingerprint density at radius 3 is 1.78 bits per heavy atom. The van der Waals surface area contributed by atoms with Gasteiger partial charge in [0.1, 0.15) is 0 Å². The van der Waals surface area contributed by atoms with Crippen LogP contribution in [0, 0.1) is 23.7 Å². The smallest absolute Gasteiger partial charge is 0.205 e. The average molecular weight is 238 g/mol. The van der Waals surface area contributed by atoms with Crippen LogP contribution in [0.4, 0.5) is 0 Å². The molecule has 0 aliphatic heterocycles. The fourth-order valence-electron chi connectivity index (χ4n) is 1.14. The number of carbonyl (C=O) groups is 2. The lowest BCUT2D eigenvalue weighted by atomic mass is 10.1. The molecule has 0 amide bonds. The van der Waals surface area contributed by atoms with Crippen LogP contribution in [-0.2, 0) is 9.59 Å². The van der Waals surface area contributed by atoms with Crippen LogP contribution >= 0.6 is 0 Å². The van der Waals surface area contributed by atoms with E-state index in [1.807, 2.05) is 12.1 Å². The first-order valence-electron chi connectivity index (χ1n) is 5.85. The third kappa shape index (κ3) is 4.68. The van der Waals surface area contributed by atoms with E-state index in [1.165, 1.54) is 0 Å². The number of carbonyl (C=O) groups excluding carboxylic acids is 2. The summed E-state index contributed by atoms with van der Waals surface area (Å²) >= 11 is 0. The van der Waals surface area contributed by atoms with E-state index in [9.17, 15) is 9.59 Å². The highest BCUT2D eigenvalue weighted by molar-refractivity contribution is 5.96. The molecule has 0 N–H and O–H groups in total. The molecule has 0 aliphatic carbocycles. The number of benzene rings is 1. The van der Waals surface area contributed by atoms with Crippen LogP contribution < -0.4 is 0 Å². The summed E-state index contributed by atoms with van der Waals surface area (Å²) in [6.07, 6.45) is 0.828. The highest BCUT2D eigenvalue weighted by Crippen LogP contribution is 2.02. The summed E-state index contributed by atoms with van der Waals surface area (Å²) in [6.45, 7) is 3.55. The largest absolute Gasteiger partial charge is 0.285 e. The zero-order valence-corrected chi connectivity index (χ0v) is 10.5. The third-order valence-electron chi connectivity index (χ3n) is 2.20. The van der Waals surface area contributed by atoms with Gasteiger partial charge >= 0.3 is 0 Å². The van der Waals surface area contributed by atoms with Gasteiger partial charge in [-0.05, 0) is 30.0 Å². The van der Waals surface area contributed by atoms with Crippen LogP contribution in [0.3, 0.4) is 0 Å². The topological polar surface area (TPSA) is 34.1 Å². The van der Waals surface area contributed by atoms with Crippen molar-refractivity contribution < 1.29 is 9.59 Å². The van der Waals surface area contributed by atoms with Gasteiger partial charge in [0.15, 0.2) is 0 Å². The van der Waals surface area contributed by atoms with E-state index in [0.717, 1.165) is 11.1 Å². The fourth-order valence-corrected chi connectivity index (χ4v) is 1.14. The van der Waals surface area contributed by atoms with Crippen molar-refractivity contribution in [3.8, 4) is 23.7 Å². The molecule has 18 heavy (non-hydrogen) atoms. The standard InChI is InChI=1S/C16H14O2/c1-3-15(17)10-8-13-6-5-7-14(12-13)9-11-16(18)4-2/h5-7,12H,3-4H2,1-2H3. The van der Waals surface area contributed by atoms with Crippen molar-refractivity contribution in [2.75, 3.05) is 0 Å². The maximum Gasteiger partial charge on any atom is 0.205 e. The minimum Gasteiger partial charge on any atom is -0.285 e. The molecule has 0 spiro atoms. The zero-order chi connectivity index (χ0) is 13.4. The summed E-state index contributed by atoms with van der Waals surface area (Å²) in [5.74, 6) is 10.5. The Labute approximate surface area is 107 Å². The summed E-state index contributed by atoms with van der Waals surface area (Å²) in [5.41, 5.74) is 1.46. The lowest BCUT2D eigenvalue weighted by molar-refractivity contribution is -0.114. The molecule has 2 nitrogen and oxygen atoms in total. The molecule has 1 aromatic carbocycles. The quantitative estimate of drug-likeness (QED) is 0.741. The van der Waals surface area contributed by atoms with Crippen molar-refractivity contribution in [3.63, 3.8) is 0 Å². The Balaban J connectivity index is 2.90. The molecule has 0 aliphatic rings. The fraction of sp³-hybridized carbons (Fsp3) is 0.250. The minimum atomic E-state index is -0.0901. The molecule has 0 saturated carbocycles. The minimum absolute atomic E-state index is 0.0901. The second-order valence-corrected chi connectivity index (χ2v) is 3.63. The van der Waals surface area contributed by atoms with Gasteiger partial charge in [0, 0.05) is 24.0 Å². The van der Waals surface area contributed by atoms with E-state index in [-0.39, 0.29) is 11.6 Å². The molecule has 0 heterocycles. The first-order chi connectivity index (χ1) is 8.65. The average Bonchev–Trinajstić information content (AvgIpc) is 2.42. The number of Topliss-reactive ketones (excluding diaryl/α,β-unsaturated/α-hetero) is 2. The monoisotopic (exact) mass is 238 g/mol. The predicted octanol–water partition coefficient (Wildman–Crippen LogP) is 2.35. The van der Waals surface area contributed by atoms with Crippen LogP contribution in [0.1, 0.15) is 37.8 Å². The first-order valence-corrected chi connectivity index (χ1v) is 5.85. The Morgan fingerprint density at radius 2 is 1.39 bits per heavy atom. The van der Waals surface area contributed by atoms with Gasteiger partial charge in [-0.1, -0.05) is 31.8 Å². The SMILES string of the molecule is CCC(=O)C#Cc1cccc(C#CC(=O)CC)c1. The molecule has 90 valence electrons. The molecule has 1 rings (SSSR count). The van der Waals surface area contributed by atoms with Crippen molar-refractivity contribution in [2.45, 2.75) is 26.7 Å². The maximum absolute atomic E-state index is 11.1. The lowest BCUT2D eigenvalue weighted by Gasteiger charge is -1.92. The summed E-state index contributed by atoms with van der Waals surface area (Å²) < 4.78 is 0. The van der Waals surface area contributed by atoms with Crippen LogP contribution in [-0.4, -0.2) is 11.6 Å². The van der Waals surface area contributed by atoms with E-state index in [1.54, 1.807) is 26.0 Å². The molecule has 0 unspecified atom stereocenters. The highest BCUT2D eigenvalue weighted by Gasteiger charge is 1.93. The molecule has 0 atom stereocenters. The normalized spacial score (nSPS) is 8.56. The van der Waals surface area contributed by atoms with Gasteiger partial charge in [-0.25, -0.2) is 0 Å². The number of ketones is 2. The Kier molecular flexibility index (Phi) is 5.42. The molecule has 0 radical (unpaired) electrons. The molecule has 0 aromatic heterocycles. The van der Waals surface area contributed by atoms with Gasteiger partial charge in [0.25, 0.3) is 0 Å². The Morgan fingerprint density at radius 1 is 0.944 bits per heavy atom. The number of hydrogen-bond acceptors (Lipinski definition) is 2. The summed E-state index contributed by atoms with van der Waals surface area (Å²) in [5, 5.41) is 0. The Hall–Kier alpha value is -2.32.